The number of para-hydroxylation sites is 1. The minimum Gasteiger partial charge on any atom is -0.496 e. The average Bonchev–Trinajstić information content (AvgIpc) is 2.98. The Kier molecular flexibility index (Phi) is 9.52. The third-order valence-corrected chi connectivity index (χ3v) is 6.46. The van der Waals surface area contributed by atoms with Crippen molar-refractivity contribution in [2.24, 2.45) is 0 Å². The van der Waals surface area contributed by atoms with Crippen molar-refractivity contribution in [3.05, 3.63) is 141 Å². The fourth-order valence-corrected chi connectivity index (χ4v) is 4.22. The van der Waals surface area contributed by atoms with E-state index in [0.717, 1.165) is 5.56 Å². The lowest BCUT2D eigenvalue weighted by Gasteiger charge is -2.12. The molecule has 6 nitrogen and oxygen atoms in total. The molecule has 0 heterocycles. The maximum absolute atomic E-state index is 13.3. The van der Waals surface area contributed by atoms with E-state index in [1.54, 1.807) is 86.0 Å². The summed E-state index contributed by atoms with van der Waals surface area (Å²) in [6, 6.07) is 27.2. The summed E-state index contributed by atoms with van der Waals surface area (Å²) >= 11 is 12.6. The summed E-state index contributed by atoms with van der Waals surface area (Å²) in [4.78, 5) is 38.8. The van der Waals surface area contributed by atoms with E-state index in [9.17, 15) is 14.4 Å². The highest BCUT2D eigenvalue weighted by molar-refractivity contribution is 6.37. The fraction of sp³-hybridized carbons (Fsp3) is 0.0312. The van der Waals surface area contributed by atoms with Crippen molar-refractivity contribution < 1.29 is 19.1 Å². The Labute approximate surface area is 241 Å². The van der Waals surface area contributed by atoms with Gasteiger partial charge in [0.05, 0.1) is 7.11 Å². The molecule has 2 amide bonds. The molecule has 200 valence electrons. The number of anilines is 1. The quantitative estimate of drug-likeness (QED) is 0.163. The van der Waals surface area contributed by atoms with Crippen LogP contribution in [-0.4, -0.2) is 24.7 Å². The molecule has 0 unspecified atom stereocenters. The number of methoxy groups -OCH3 is 1. The summed E-state index contributed by atoms with van der Waals surface area (Å²) < 4.78 is 5.31. The van der Waals surface area contributed by atoms with E-state index >= 15 is 0 Å². The Morgan fingerprint density at radius 3 is 2.08 bits per heavy atom. The molecule has 40 heavy (non-hydrogen) atoms. The molecule has 8 heteroatoms. The van der Waals surface area contributed by atoms with Crippen molar-refractivity contribution in [2.75, 3.05) is 12.4 Å². The second-order valence-electron chi connectivity index (χ2n) is 8.48. The van der Waals surface area contributed by atoms with Gasteiger partial charge < -0.3 is 15.4 Å². The van der Waals surface area contributed by atoms with E-state index in [-0.39, 0.29) is 11.5 Å². The number of ketones is 1. The summed E-state index contributed by atoms with van der Waals surface area (Å²) in [6.07, 6.45) is 4.56. The highest BCUT2D eigenvalue weighted by Crippen LogP contribution is 2.27. The first-order chi connectivity index (χ1) is 19.4. The molecule has 0 saturated heterocycles. The van der Waals surface area contributed by atoms with Gasteiger partial charge in [-0.25, -0.2) is 0 Å². The van der Waals surface area contributed by atoms with Crippen LogP contribution in [0.25, 0.3) is 12.2 Å². The second kappa shape index (κ2) is 13.4. The normalized spacial score (nSPS) is 11.2. The zero-order chi connectivity index (χ0) is 28.5. The minimum atomic E-state index is -0.601. The van der Waals surface area contributed by atoms with Crippen LogP contribution < -0.4 is 15.4 Å². The Balaban J connectivity index is 1.53. The molecule has 0 atom stereocenters. The number of amides is 2. The van der Waals surface area contributed by atoms with Crippen LogP contribution in [0.1, 0.15) is 31.8 Å². The first-order valence-electron chi connectivity index (χ1n) is 12.1. The highest BCUT2D eigenvalue weighted by Gasteiger charge is 2.17. The van der Waals surface area contributed by atoms with Crippen molar-refractivity contribution in [2.45, 2.75) is 0 Å². The molecule has 2 N–H and O–H groups in total. The highest BCUT2D eigenvalue weighted by atomic mass is 35.5. The average molecular weight is 571 g/mol. The summed E-state index contributed by atoms with van der Waals surface area (Å²) in [5.41, 5.74) is 2.31. The van der Waals surface area contributed by atoms with Crippen molar-refractivity contribution in [3.8, 4) is 5.75 Å². The van der Waals surface area contributed by atoms with Gasteiger partial charge in [-0.3, -0.25) is 14.4 Å². The van der Waals surface area contributed by atoms with Gasteiger partial charge in [0.15, 0.2) is 5.78 Å². The molecule has 0 aliphatic rings. The number of benzene rings is 4. The number of ether oxygens (including phenoxy) is 1. The van der Waals surface area contributed by atoms with Crippen molar-refractivity contribution in [1.29, 1.82) is 0 Å². The molecule has 0 aliphatic carbocycles. The van der Waals surface area contributed by atoms with Gasteiger partial charge in [-0.15, -0.1) is 0 Å². The van der Waals surface area contributed by atoms with E-state index in [4.69, 9.17) is 27.9 Å². The summed E-state index contributed by atoms with van der Waals surface area (Å²) in [5.74, 6) is -0.637. The van der Waals surface area contributed by atoms with Gasteiger partial charge in [-0.2, -0.15) is 0 Å². The van der Waals surface area contributed by atoms with Crippen LogP contribution in [0.2, 0.25) is 10.0 Å². The van der Waals surface area contributed by atoms with Crippen molar-refractivity contribution in [3.63, 3.8) is 0 Å². The molecule has 4 aromatic rings. The maximum atomic E-state index is 13.3. The van der Waals surface area contributed by atoms with Crippen molar-refractivity contribution >= 4 is 58.6 Å². The Morgan fingerprint density at radius 1 is 0.750 bits per heavy atom. The Morgan fingerprint density at radius 2 is 1.40 bits per heavy atom. The van der Waals surface area contributed by atoms with E-state index < -0.39 is 11.8 Å². The molecule has 0 spiro atoms. The lowest BCUT2D eigenvalue weighted by Crippen LogP contribution is -2.30. The molecule has 0 saturated carbocycles. The molecule has 4 aromatic carbocycles. The SMILES string of the molecule is COc1ccccc1/C=C/C(=O)c1ccc(NC(=O)/C(=C/c2c(Cl)cccc2Cl)NC(=O)c2ccccc2)cc1. The van der Waals surface area contributed by atoms with E-state index in [0.29, 0.717) is 38.2 Å². The van der Waals surface area contributed by atoms with Gasteiger partial charge in [0, 0.05) is 38.0 Å². The van der Waals surface area contributed by atoms with E-state index in [2.05, 4.69) is 10.6 Å². The molecule has 0 aromatic heterocycles. The van der Waals surface area contributed by atoms with Gasteiger partial charge in [0.25, 0.3) is 11.8 Å². The third kappa shape index (κ3) is 7.26. The summed E-state index contributed by atoms with van der Waals surface area (Å²) in [6.45, 7) is 0. The molecule has 0 bridgehead atoms. The molecule has 0 radical (unpaired) electrons. The van der Waals surface area contributed by atoms with Gasteiger partial charge >= 0.3 is 0 Å². The maximum Gasteiger partial charge on any atom is 0.272 e. The number of carbonyl (C=O) groups is 3. The third-order valence-electron chi connectivity index (χ3n) is 5.80. The zero-order valence-electron chi connectivity index (χ0n) is 21.4. The van der Waals surface area contributed by atoms with Gasteiger partial charge in [-0.1, -0.05) is 65.7 Å². The predicted molar refractivity (Wildman–Crippen MR) is 160 cm³/mol. The lowest BCUT2D eigenvalue weighted by molar-refractivity contribution is -0.113. The van der Waals surface area contributed by atoms with Crippen LogP contribution in [-0.2, 0) is 4.79 Å². The second-order valence-corrected chi connectivity index (χ2v) is 9.30. The first kappa shape index (κ1) is 28.4. The van der Waals surface area contributed by atoms with Crippen LogP contribution in [0.15, 0.2) is 109 Å². The van der Waals surface area contributed by atoms with Crippen molar-refractivity contribution in [1.82, 2.24) is 5.32 Å². The topological polar surface area (TPSA) is 84.5 Å². The number of nitrogens with one attached hydrogen (secondary N) is 2. The Hall–Kier alpha value is -4.65. The number of rotatable bonds is 9. The molecule has 4 rings (SSSR count). The van der Waals surface area contributed by atoms with E-state index in [1.807, 2.05) is 24.3 Å². The zero-order valence-corrected chi connectivity index (χ0v) is 22.9. The molecular formula is C32H24Cl2N2O4. The van der Waals surface area contributed by atoms with Gasteiger partial charge in [0.2, 0.25) is 0 Å². The monoisotopic (exact) mass is 570 g/mol. The lowest BCUT2D eigenvalue weighted by atomic mass is 10.1. The predicted octanol–water partition coefficient (Wildman–Crippen LogP) is 7.31. The van der Waals surface area contributed by atoms with Gasteiger partial charge in [0.1, 0.15) is 11.4 Å². The molecule has 0 aliphatic heterocycles. The van der Waals surface area contributed by atoms with Crippen LogP contribution in [0.3, 0.4) is 0 Å². The van der Waals surface area contributed by atoms with Crippen LogP contribution >= 0.6 is 23.2 Å². The smallest absolute Gasteiger partial charge is 0.272 e. The summed E-state index contributed by atoms with van der Waals surface area (Å²) in [5, 5.41) is 6.02. The largest absolute Gasteiger partial charge is 0.496 e. The molecule has 0 fully saturated rings. The van der Waals surface area contributed by atoms with Crippen LogP contribution in [0.5, 0.6) is 5.75 Å². The van der Waals surface area contributed by atoms with E-state index in [1.165, 1.54) is 12.2 Å². The fourth-order valence-electron chi connectivity index (χ4n) is 3.72. The summed E-state index contributed by atoms with van der Waals surface area (Å²) in [7, 11) is 1.57. The number of carbonyl (C=O) groups excluding carboxylic acids is 3. The standard InChI is InChI=1S/C32H24Cl2N2O4/c1-40-30-13-6-5-8-22(30)16-19-29(37)21-14-17-24(18-15-21)35-32(39)28(20-25-26(33)11-7-12-27(25)34)36-31(38)23-9-3-2-4-10-23/h2-20H,1H3,(H,35,39)(H,36,38)/b19-16+,28-20-. The first-order valence-corrected chi connectivity index (χ1v) is 12.9. The molecular weight excluding hydrogens is 547 g/mol. The number of hydrogen-bond donors (Lipinski definition) is 2. The number of halogens is 2. The van der Waals surface area contributed by atoms with Crippen LogP contribution in [0.4, 0.5) is 5.69 Å². The number of allylic oxidation sites excluding steroid dienone is 1. The Bertz CT molecular complexity index is 1580. The van der Waals surface area contributed by atoms with Crippen LogP contribution in [0, 0.1) is 0 Å². The minimum absolute atomic E-state index is 0.0660. The number of hydrogen-bond acceptors (Lipinski definition) is 4. The van der Waals surface area contributed by atoms with Gasteiger partial charge in [-0.05, 0) is 72.8 Å².